The van der Waals surface area contributed by atoms with E-state index in [-0.39, 0.29) is 5.91 Å². The molecule has 5 nitrogen and oxygen atoms in total. The zero-order valence-corrected chi connectivity index (χ0v) is 18.6. The number of nitrogens with zero attached hydrogens (tertiary/aromatic N) is 3. The fraction of sp³-hybridized carbons (Fsp3) is 0.182. The van der Waals surface area contributed by atoms with Crippen LogP contribution in [-0.2, 0) is 13.1 Å². The molecule has 1 N–H and O–H groups in total. The third kappa shape index (κ3) is 4.36. The van der Waals surface area contributed by atoms with Gasteiger partial charge in [0.15, 0.2) is 0 Å². The van der Waals surface area contributed by atoms with Gasteiger partial charge in [-0.1, -0.05) is 34.1 Å². The maximum atomic E-state index is 13.0. The average molecular weight is 469 g/mol. The van der Waals surface area contributed by atoms with Gasteiger partial charge in [-0.05, 0) is 49.1 Å². The van der Waals surface area contributed by atoms with Crippen LogP contribution >= 0.6 is 27.3 Å². The minimum atomic E-state index is -0.118. The van der Waals surface area contributed by atoms with Crippen LogP contribution in [0.3, 0.4) is 0 Å². The second-order valence-corrected chi connectivity index (χ2v) is 8.85. The molecular formula is C22H21BrN4OS. The number of carbonyl (C=O) groups excluding carboxylic acids is 1. The molecule has 29 heavy (non-hydrogen) atoms. The highest BCUT2D eigenvalue weighted by Crippen LogP contribution is 2.21. The Kier molecular flexibility index (Phi) is 5.69. The number of carbonyl (C=O) groups is 1. The Morgan fingerprint density at radius 2 is 1.93 bits per heavy atom. The molecular weight excluding hydrogens is 448 g/mol. The highest BCUT2D eigenvalue weighted by molar-refractivity contribution is 9.10. The molecule has 4 rings (SSSR count). The molecule has 0 unspecified atom stereocenters. The first-order chi connectivity index (χ1) is 14.0. The van der Waals surface area contributed by atoms with Crippen molar-refractivity contribution in [1.82, 2.24) is 14.3 Å². The number of aromatic nitrogens is 3. The van der Waals surface area contributed by atoms with Crippen molar-refractivity contribution in [3.05, 3.63) is 92.0 Å². The van der Waals surface area contributed by atoms with Crippen LogP contribution in [0.25, 0.3) is 0 Å². The summed E-state index contributed by atoms with van der Waals surface area (Å²) in [6.07, 6.45) is 1.70. The molecule has 0 aliphatic heterocycles. The summed E-state index contributed by atoms with van der Waals surface area (Å²) in [6.45, 7) is 5.40. The molecule has 0 saturated heterocycles. The maximum Gasteiger partial charge on any atom is 0.258 e. The minimum absolute atomic E-state index is 0.118. The van der Waals surface area contributed by atoms with E-state index in [1.165, 1.54) is 4.88 Å². The van der Waals surface area contributed by atoms with Crippen molar-refractivity contribution in [3.63, 3.8) is 0 Å². The van der Waals surface area contributed by atoms with E-state index in [1.807, 2.05) is 56.3 Å². The quantitative estimate of drug-likeness (QED) is 0.407. The number of amides is 1. The third-order valence-electron chi connectivity index (χ3n) is 4.92. The molecule has 3 aromatic heterocycles. The number of hydrogen-bond acceptors (Lipinski definition) is 3. The van der Waals surface area contributed by atoms with Gasteiger partial charge in [-0.2, -0.15) is 5.10 Å². The van der Waals surface area contributed by atoms with Gasteiger partial charge in [0.05, 0.1) is 24.8 Å². The van der Waals surface area contributed by atoms with Crippen molar-refractivity contribution in [3.8, 4) is 0 Å². The number of nitrogens with one attached hydrogen (secondary N) is 1. The summed E-state index contributed by atoms with van der Waals surface area (Å²) < 4.78 is 5.01. The van der Waals surface area contributed by atoms with Gasteiger partial charge in [-0.25, -0.2) is 4.68 Å². The Hall–Kier alpha value is -2.64. The Labute approximate surface area is 182 Å². The number of thiophene rings is 1. The largest absolute Gasteiger partial charge is 0.343 e. The topological polar surface area (TPSA) is 51.9 Å². The van der Waals surface area contributed by atoms with E-state index in [4.69, 9.17) is 0 Å². The maximum absolute atomic E-state index is 13.0. The highest BCUT2D eigenvalue weighted by Gasteiger charge is 2.17. The van der Waals surface area contributed by atoms with Gasteiger partial charge in [0.1, 0.15) is 5.82 Å². The van der Waals surface area contributed by atoms with E-state index in [9.17, 15) is 4.79 Å². The first-order valence-corrected chi connectivity index (χ1v) is 11.0. The average Bonchev–Trinajstić information content (AvgIpc) is 3.42. The van der Waals surface area contributed by atoms with E-state index in [1.54, 1.807) is 22.2 Å². The number of rotatable bonds is 6. The zero-order valence-electron chi connectivity index (χ0n) is 16.2. The van der Waals surface area contributed by atoms with Crippen LogP contribution in [0.4, 0.5) is 5.82 Å². The predicted molar refractivity (Wildman–Crippen MR) is 121 cm³/mol. The fourth-order valence-corrected chi connectivity index (χ4v) is 4.30. The smallest absolute Gasteiger partial charge is 0.258 e. The molecule has 4 aromatic rings. The van der Waals surface area contributed by atoms with Gasteiger partial charge in [-0.15, -0.1) is 11.3 Å². The molecule has 148 valence electrons. The summed E-state index contributed by atoms with van der Waals surface area (Å²) in [7, 11) is 0. The van der Waals surface area contributed by atoms with Crippen molar-refractivity contribution >= 4 is 39.0 Å². The molecule has 0 spiro atoms. The Morgan fingerprint density at radius 1 is 1.14 bits per heavy atom. The summed E-state index contributed by atoms with van der Waals surface area (Å²) in [5.74, 6) is 0.564. The second-order valence-electron chi connectivity index (χ2n) is 6.91. The highest BCUT2D eigenvalue weighted by atomic mass is 79.9. The Bertz CT molecular complexity index is 1130. The van der Waals surface area contributed by atoms with E-state index in [0.717, 1.165) is 28.0 Å². The summed E-state index contributed by atoms with van der Waals surface area (Å²) in [5.41, 5.74) is 3.84. The van der Waals surface area contributed by atoms with Gasteiger partial charge in [0.2, 0.25) is 0 Å². The van der Waals surface area contributed by atoms with E-state index in [0.29, 0.717) is 17.9 Å². The third-order valence-corrected chi connectivity index (χ3v) is 6.31. The van der Waals surface area contributed by atoms with E-state index < -0.39 is 0 Å². The molecule has 0 aliphatic rings. The molecule has 0 radical (unpaired) electrons. The van der Waals surface area contributed by atoms with Crippen LogP contribution in [0.5, 0.6) is 0 Å². The Morgan fingerprint density at radius 3 is 2.66 bits per heavy atom. The predicted octanol–water partition coefficient (Wildman–Crippen LogP) is 5.47. The van der Waals surface area contributed by atoms with Gasteiger partial charge < -0.3 is 9.88 Å². The fourth-order valence-electron chi connectivity index (χ4n) is 3.34. The zero-order chi connectivity index (χ0) is 20.4. The SMILES string of the molecule is Cc1cc(C(=O)Nc2ccnn2Cc2ccc(Br)cc2)c(C)n1Cc1cccs1. The van der Waals surface area contributed by atoms with Crippen LogP contribution in [-0.4, -0.2) is 20.3 Å². The van der Waals surface area contributed by atoms with Gasteiger partial charge in [-0.3, -0.25) is 4.79 Å². The molecule has 0 fully saturated rings. The van der Waals surface area contributed by atoms with Crippen molar-refractivity contribution in [1.29, 1.82) is 0 Å². The molecule has 0 atom stereocenters. The lowest BCUT2D eigenvalue weighted by Gasteiger charge is -2.10. The van der Waals surface area contributed by atoms with Gasteiger partial charge >= 0.3 is 0 Å². The standard InChI is InChI=1S/C22H21BrN4OS/c1-15-12-20(16(2)26(15)14-19-4-3-11-29-19)22(28)25-21-9-10-24-27(21)13-17-5-7-18(23)8-6-17/h3-12H,13-14H2,1-2H3,(H,25,28). The molecule has 1 amide bonds. The monoisotopic (exact) mass is 468 g/mol. The van der Waals surface area contributed by atoms with Gasteiger partial charge in [0, 0.05) is 26.8 Å². The van der Waals surface area contributed by atoms with E-state index in [2.05, 4.69) is 42.4 Å². The number of anilines is 1. The van der Waals surface area contributed by atoms with Crippen molar-refractivity contribution in [2.45, 2.75) is 26.9 Å². The van der Waals surface area contributed by atoms with Crippen LogP contribution in [0, 0.1) is 13.8 Å². The number of hydrogen-bond donors (Lipinski definition) is 1. The summed E-state index contributed by atoms with van der Waals surface area (Å²) >= 11 is 5.17. The van der Waals surface area contributed by atoms with Crippen molar-refractivity contribution in [2.75, 3.05) is 5.32 Å². The molecule has 0 aliphatic carbocycles. The normalized spacial score (nSPS) is 11.0. The number of benzene rings is 1. The lowest BCUT2D eigenvalue weighted by Crippen LogP contribution is -2.17. The molecule has 0 bridgehead atoms. The lowest BCUT2D eigenvalue weighted by atomic mass is 10.2. The Balaban J connectivity index is 1.52. The molecule has 3 heterocycles. The van der Waals surface area contributed by atoms with Crippen LogP contribution in [0.1, 0.15) is 32.2 Å². The first-order valence-electron chi connectivity index (χ1n) is 9.28. The summed E-state index contributed by atoms with van der Waals surface area (Å²) in [6, 6.07) is 16.0. The number of halogens is 1. The number of aryl methyl sites for hydroxylation is 1. The second kappa shape index (κ2) is 8.39. The van der Waals surface area contributed by atoms with E-state index >= 15 is 0 Å². The lowest BCUT2D eigenvalue weighted by molar-refractivity contribution is 0.102. The first kappa shape index (κ1) is 19.7. The molecule has 0 saturated carbocycles. The van der Waals surface area contributed by atoms with Crippen LogP contribution in [0.15, 0.2) is 64.6 Å². The summed E-state index contributed by atoms with van der Waals surface area (Å²) in [5, 5.41) is 9.46. The van der Waals surface area contributed by atoms with Crippen molar-refractivity contribution in [2.24, 2.45) is 0 Å². The molecule has 7 heteroatoms. The van der Waals surface area contributed by atoms with Crippen LogP contribution in [0.2, 0.25) is 0 Å². The minimum Gasteiger partial charge on any atom is -0.343 e. The summed E-state index contributed by atoms with van der Waals surface area (Å²) in [4.78, 5) is 14.3. The van der Waals surface area contributed by atoms with Gasteiger partial charge in [0.25, 0.3) is 5.91 Å². The van der Waals surface area contributed by atoms with Crippen molar-refractivity contribution < 1.29 is 4.79 Å². The van der Waals surface area contributed by atoms with Crippen LogP contribution < -0.4 is 5.32 Å². The molecule has 1 aromatic carbocycles.